The van der Waals surface area contributed by atoms with Gasteiger partial charge in [0.1, 0.15) is 6.04 Å². The van der Waals surface area contributed by atoms with Gasteiger partial charge in [0.25, 0.3) is 0 Å². The molecule has 0 bridgehead atoms. The zero-order valence-corrected chi connectivity index (χ0v) is 12.8. The average Bonchev–Trinajstić information content (AvgIpc) is 3.24. The zero-order valence-electron chi connectivity index (χ0n) is 12.8. The van der Waals surface area contributed by atoms with Crippen LogP contribution in [0.2, 0.25) is 0 Å². The van der Waals surface area contributed by atoms with Gasteiger partial charge >= 0.3 is 0 Å². The SMILES string of the molecule is O=C(NCc1ccccc1)[C@H]1CCCN1C(=O)[C@H]1CCCN1. The Morgan fingerprint density at radius 1 is 1.18 bits per heavy atom. The first-order valence-corrected chi connectivity index (χ1v) is 8.11. The molecule has 0 unspecified atom stereocenters. The molecule has 0 saturated carbocycles. The highest BCUT2D eigenvalue weighted by atomic mass is 16.2. The average molecular weight is 301 g/mol. The highest BCUT2D eigenvalue weighted by Crippen LogP contribution is 2.20. The molecule has 2 aliphatic heterocycles. The van der Waals surface area contributed by atoms with Crippen molar-refractivity contribution in [2.45, 2.75) is 44.3 Å². The van der Waals surface area contributed by atoms with E-state index in [4.69, 9.17) is 0 Å². The fourth-order valence-corrected chi connectivity index (χ4v) is 3.30. The molecule has 1 aromatic rings. The van der Waals surface area contributed by atoms with E-state index in [-0.39, 0.29) is 23.9 Å². The van der Waals surface area contributed by atoms with Crippen molar-refractivity contribution in [1.29, 1.82) is 0 Å². The van der Waals surface area contributed by atoms with E-state index in [1.807, 2.05) is 30.3 Å². The van der Waals surface area contributed by atoms with Crippen LogP contribution >= 0.6 is 0 Å². The van der Waals surface area contributed by atoms with Crippen LogP contribution in [0.3, 0.4) is 0 Å². The third-order valence-corrected chi connectivity index (χ3v) is 4.51. The Bertz CT molecular complexity index is 526. The molecule has 1 aromatic carbocycles. The largest absolute Gasteiger partial charge is 0.350 e. The lowest BCUT2D eigenvalue weighted by Gasteiger charge is -2.26. The van der Waals surface area contributed by atoms with Crippen LogP contribution in [0.5, 0.6) is 0 Å². The van der Waals surface area contributed by atoms with Gasteiger partial charge < -0.3 is 15.5 Å². The van der Waals surface area contributed by atoms with Crippen LogP contribution < -0.4 is 10.6 Å². The molecule has 2 amide bonds. The Kier molecular flexibility index (Phi) is 4.73. The summed E-state index contributed by atoms with van der Waals surface area (Å²) >= 11 is 0. The van der Waals surface area contributed by atoms with E-state index in [1.54, 1.807) is 4.90 Å². The van der Waals surface area contributed by atoms with E-state index in [0.717, 1.165) is 37.8 Å². The number of benzene rings is 1. The molecular weight excluding hydrogens is 278 g/mol. The van der Waals surface area contributed by atoms with E-state index < -0.39 is 0 Å². The summed E-state index contributed by atoms with van der Waals surface area (Å²) in [6.07, 6.45) is 3.59. The summed E-state index contributed by atoms with van der Waals surface area (Å²) in [5.41, 5.74) is 1.07. The van der Waals surface area contributed by atoms with Gasteiger partial charge in [0.15, 0.2) is 0 Å². The van der Waals surface area contributed by atoms with Crippen molar-refractivity contribution in [3.05, 3.63) is 35.9 Å². The van der Waals surface area contributed by atoms with Crippen LogP contribution in [0.15, 0.2) is 30.3 Å². The molecular formula is C17H23N3O2. The van der Waals surface area contributed by atoms with Gasteiger partial charge in [-0.05, 0) is 37.8 Å². The Morgan fingerprint density at radius 3 is 2.73 bits per heavy atom. The third kappa shape index (κ3) is 3.30. The summed E-state index contributed by atoms with van der Waals surface area (Å²) < 4.78 is 0. The number of likely N-dealkylation sites (tertiary alicyclic amines) is 1. The fraction of sp³-hybridized carbons (Fsp3) is 0.529. The van der Waals surface area contributed by atoms with Crippen molar-refractivity contribution in [3.63, 3.8) is 0 Å². The molecule has 0 spiro atoms. The Balaban J connectivity index is 1.57. The molecule has 2 fully saturated rings. The van der Waals surface area contributed by atoms with Crippen LogP contribution in [-0.2, 0) is 16.1 Å². The van der Waals surface area contributed by atoms with Gasteiger partial charge in [-0.1, -0.05) is 30.3 Å². The van der Waals surface area contributed by atoms with Crippen molar-refractivity contribution in [1.82, 2.24) is 15.5 Å². The molecule has 0 aromatic heterocycles. The van der Waals surface area contributed by atoms with Gasteiger partial charge in [-0.2, -0.15) is 0 Å². The van der Waals surface area contributed by atoms with Crippen molar-refractivity contribution in [2.24, 2.45) is 0 Å². The van der Waals surface area contributed by atoms with Crippen molar-refractivity contribution >= 4 is 11.8 Å². The monoisotopic (exact) mass is 301 g/mol. The quantitative estimate of drug-likeness (QED) is 0.874. The summed E-state index contributed by atoms with van der Waals surface area (Å²) in [4.78, 5) is 26.7. The maximum absolute atomic E-state index is 12.5. The van der Waals surface area contributed by atoms with E-state index in [1.165, 1.54) is 0 Å². The molecule has 2 heterocycles. The Hall–Kier alpha value is -1.88. The van der Waals surface area contributed by atoms with Crippen LogP contribution in [0.25, 0.3) is 0 Å². The minimum atomic E-state index is -0.307. The molecule has 2 N–H and O–H groups in total. The van der Waals surface area contributed by atoms with E-state index in [9.17, 15) is 9.59 Å². The minimum Gasteiger partial charge on any atom is -0.350 e. The van der Waals surface area contributed by atoms with Gasteiger partial charge in [-0.25, -0.2) is 0 Å². The zero-order chi connectivity index (χ0) is 15.4. The maximum Gasteiger partial charge on any atom is 0.243 e. The summed E-state index contributed by atoms with van der Waals surface area (Å²) in [5.74, 6) is 0.0579. The summed E-state index contributed by atoms with van der Waals surface area (Å²) in [5, 5.41) is 6.19. The van der Waals surface area contributed by atoms with Gasteiger partial charge in [-0.3, -0.25) is 9.59 Å². The minimum absolute atomic E-state index is 0.0345. The van der Waals surface area contributed by atoms with E-state index in [0.29, 0.717) is 13.1 Å². The molecule has 0 radical (unpaired) electrons. The smallest absolute Gasteiger partial charge is 0.243 e. The lowest BCUT2D eigenvalue weighted by atomic mass is 10.1. The number of carbonyl (C=O) groups is 2. The highest BCUT2D eigenvalue weighted by Gasteiger charge is 2.37. The molecule has 2 aliphatic rings. The molecule has 22 heavy (non-hydrogen) atoms. The second kappa shape index (κ2) is 6.92. The molecule has 118 valence electrons. The van der Waals surface area contributed by atoms with Gasteiger partial charge in [0, 0.05) is 13.1 Å². The van der Waals surface area contributed by atoms with Crippen molar-refractivity contribution < 1.29 is 9.59 Å². The first-order chi connectivity index (χ1) is 10.8. The van der Waals surface area contributed by atoms with E-state index >= 15 is 0 Å². The third-order valence-electron chi connectivity index (χ3n) is 4.51. The summed E-state index contributed by atoms with van der Waals surface area (Å²) in [7, 11) is 0. The van der Waals surface area contributed by atoms with Gasteiger partial charge in [-0.15, -0.1) is 0 Å². The van der Waals surface area contributed by atoms with Crippen LogP contribution in [0, 0.1) is 0 Å². The van der Waals surface area contributed by atoms with Crippen LogP contribution in [0.1, 0.15) is 31.2 Å². The lowest BCUT2D eigenvalue weighted by Crippen LogP contribution is -2.50. The Labute approximate surface area is 131 Å². The highest BCUT2D eigenvalue weighted by molar-refractivity contribution is 5.90. The van der Waals surface area contributed by atoms with Gasteiger partial charge in [0.05, 0.1) is 6.04 Å². The standard InChI is InChI=1S/C17H23N3O2/c21-16(19-12-13-6-2-1-3-7-13)15-9-5-11-20(15)17(22)14-8-4-10-18-14/h1-3,6-7,14-15,18H,4-5,8-12H2,(H,19,21)/t14-,15-/m1/s1. The molecule has 5 heteroatoms. The predicted molar refractivity (Wildman–Crippen MR) is 84.0 cm³/mol. The summed E-state index contributed by atoms with van der Waals surface area (Å²) in [6.45, 7) is 2.11. The van der Waals surface area contributed by atoms with Crippen molar-refractivity contribution in [3.8, 4) is 0 Å². The normalized spacial score (nSPS) is 24.5. The first kappa shape index (κ1) is 15.0. The fourth-order valence-electron chi connectivity index (χ4n) is 3.30. The number of nitrogens with one attached hydrogen (secondary N) is 2. The second-order valence-corrected chi connectivity index (χ2v) is 6.04. The maximum atomic E-state index is 12.5. The topological polar surface area (TPSA) is 61.4 Å². The summed E-state index contributed by atoms with van der Waals surface area (Å²) in [6, 6.07) is 9.44. The Morgan fingerprint density at radius 2 is 2.00 bits per heavy atom. The number of rotatable bonds is 4. The molecule has 2 saturated heterocycles. The predicted octanol–water partition coefficient (Wildman–Crippen LogP) is 1.05. The number of nitrogens with zero attached hydrogens (tertiary/aromatic N) is 1. The lowest BCUT2D eigenvalue weighted by molar-refractivity contribution is -0.139. The molecule has 0 aliphatic carbocycles. The first-order valence-electron chi connectivity index (χ1n) is 8.11. The molecule has 5 nitrogen and oxygen atoms in total. The van der Waals surface area contributed by atoms with Crippen LogP contribution in [-0.4, -0.2) is 41.9 Å². The molecule has 2 atom stereocenters. The van der Waals surface area contributed by atoms with Crippen molar-refractivity contribution in [2.75, 3.05) is 13.1 Å². The van der Waals surface area contributed by atoms with E-state index in [2.05, 4.69) is 10.6 Å². The van der Waals surface area contributed by atoms with Crippen LogP contribution in [0.4, 0.5) is 0 Å². The number of amides is 2. The van der Waals surface area contributed by atoms with Gasteiger partial charge in [0.2, 0.25) is 11.8 Å². The number of carbonyl (C=O) groups excluding carboxylic acids is 2. The second-order valence-electron chi connectivity index (χ2n) is 6.04. The molecule has 3 rings (SSSR count). The number of hydrogen-bond acceptors (Lipinski definition) is 3. The number of hydrogen-bond donors (Lipinski definition) is 2.